The minimum absolute atomic E-state index is 0.114. The van der Waals surface area contributed by atoms with Crippen molar-refractivity contribution in [2.75, 3.05) is 19.0 Å². The van der Waals surface area contributed by atoms with Crippen molar-refractivity contribution in [3.8, 4) is 11.5 Å². The van der Waals surface area contributed by atoms with Gasteiger partial charge in [0.25, 0.3) is 11.6 Å². The third-order valence-electron chi connectivity index (χ3n) is 3.56. The number of nitrogens with one attached hydrogen (secondary N) is 1. The molecule has 0 aliphatic heterocycles. The lowest BCUT2D eigenvalue weighted by atomic mass is 10.0. The van der Waals surface area contributed by atoms with Crippen molar-refractivity contribution in [1.29, 1.82) is 0 Å². The number of nitrogens with zero attached hydrogens (tertiary/aromatic N) is 1. The van der Waals surface area contributed by atoms with Gasteiger partial charge in [-0.1, -0.05) is 26.0 Å². The fourth-order valence-corrected chi connectivity index (χ4v) is 2.20. The van der Waals surface area contributed by atoms with Gasteiger partial charge in [0.2, 0.25) is 0 Å². The van der Waals surface area contributed by atoms with Gasteiger partial charge in [0.15, 0.2) is 6.61 Å². The molecule has 7 heteroatoms. The average Bonchev–Trinajstić information content (AvgIpc) is 2.60. The molecule has 0 atom stereocenters. The number of rotatable bonds is 7. The average molecular weight is 344 g/mol. The molecule has 1 amide bonds. The summed E-state index contributed by atoms with van der Waals surface area (Å²) in [5.74, 6) is 0.796. The topological polar surface area (TPSA) is 90.7 Å². The number of nitro benzene ring substituents is 1. The van der Waals surface area contributed by atoms with Gasteiger partial charge < -0.3 is 14.8 Å². The number of anilines is 1. The monoisotopic (exact) mass is 344 g/mol. The standard InChI is InChI=1S/C18H20N2O5/c1-12(2)13-5-4-6-15(9-13)25-11-18(21)19-16-8-7-14(20(22)23)10-17(16)24-3/h4-10,12H,11H2,1-3H3,(H,19,21). The third kappa shape index (κ3) is 4.94. The Morgan fingerprint density at radius 1 is 1.24 bits per heavy atom. The van der Waals surface area contributed by atoms with Crippen LogP contribution in [0.2, 0.25) is 0 Å². The normalized spacial score (nSPS) is 10.4. The number of carbonyl (C=O) groups is 1. The van der Waals surface area contributed by atoms with Crippen LogP contribution in [-0.4, -0.2) is 24.5 Å². The summed E-state index contributed by atoms with van der Waals surface area (Å²) in [7, 11) is 1.38. The zero-order chi connectivity index (χ0) is 18.4. The Hall–Kier alpha value is -3.09. The van der Waals surface area contributed by atoms with Gasteiger partial charge in [-0.25, -0.2) is 0 Å². The number of hydrogen-bond donors (Lipinski definition) is 1. The molecule has 0 bridgehead atoms. The maximum atomic E-state index is 12.1. The van der Waals surface area contributed by atoms with Crippen LogP contribution in [0.3, 0.4) is 0 Å². The molecule has 0 spiro atoms. The van der Waals surface area contributed by atoms with Crippen LogP contribution >= 0.6 is 0 Å². The molecule has 0 fully saturated rings. The van der Waals surface area contributed by atoms with Gasteiger partial charge in [-0.15, -0.1) is 0 Å². The van der Waals surface area contributed by atoms with Gasteiger partial charge in [0.1, 0.15) is 11.5 Å². The van der Waals surface area contributed by atoms with E-state index >= 15 is 0 Å². The lowest BCUT2D eigenvalue weighted by Gasteiger charge is -2.12. The summed E-state index contributed by atoms with van der Waals surface area (Å²) >= 11 is 0. The van der Waals surface area contributed by atoms with Crippen molar-refractivity contribution in [1.82, 2.24) is 0 Å². The Balaban J connectivity index is 2.01. The number of methoxy groups -OCH3 is 1. The molecule has 0 heterocycles. The maximum Gasteiger partial charge on any atom is 0.273 e. The second kappa shape index (κ2) is 8.14. The van der Waals surface area contributed by atoms with Crippen LogP contribution in [0.5, 0.6) is 11.5 Å². The number of benzene rings is 2. The summed E-state index contributed by atoms with van der Waals surface area (Å²) in [6, 6.07) is 11.5. The molecular formula is C18H20N2O5. The van der Waals surface area contributed by atoms with Crippen LogP contribution in [-0.2, 0) is 4.79 Å². The molecule has 132 valence electrons. The summed E-state index contributed by atoms with van der Waals surface area (Å²) in [5, 5.41) is 13.4. The number of nitro groups is 1. The van der Waals surface area contributed by atoms with Crippen LogP contribution in [0, 0.1) is 10.1 Å². The first-order valence-corrected chi connectivity index (χ1v) is 7.75. The Bertz CT molecular complexity index is 774. The Morgan fingerprint density at radius 2 is 2.00 bits per heavy atom. The van der Waals surface area contributed by atoms with E-state index in [1.54, 1.807) is 6.07 Å². The predicted molar refractivity (Wildman–Crippen MR) is 94.3 cm³/mol. The van der Waals surface area contributed by atoms with E-state index in [-0.39, 0.29) is 24.0 Å². The summed E-state index contributed by atoms with van der Waals surface area (Å²) in [6.07, 6.45) is 0. The fraction of sp³-hybridized carbons (Fsp3) is 0.278. The van der Waals surface area contributed by atoms with Crippen LogP contribution in [0.1, 0.15) is 25.3 Å². The third-order valence-corrected chi connectivity index (χ3v) is 3.56. The van der Waals surface area contributed by atoms with E-state index < -0.39 is 4.92 Å². The highest BCUT2D eigenvalue weighted by atomic mass is 16.6. The van der Waals surface area contributed by atoms with Crippen LogP contribution in [0.25, 0.3) is 0 Å². The number of amides is 1. The van der Waals surface area contributed by atoms with Gasteiger partial charge in [0.05, 0.1) is 23.8 Å². The first-order chi connectivity index (χ1) is 11.9. The quantitative estimate of drug-likeness (QED) is 0.610. The number of ether oxygens (including phenoxy) is 2. The molecule has 0 radical (unpaired) electrons. The van der Waals surface area contributed by atoms with Crippen LogP contribution in [0.4, 0.5) is 11.4 Å². The lowest BCUT2D eigenvalue weighted by molar-refractivity contribution is -0.384. The van der Waals surface area contributed by atoms with E-state index in [9.17, 15) is 14.9 Å². The highest BCUT2D eigenvalue weighted by Gasteiger charge is 2.13. The Kier molecular flexibility index (Phi) is 5.94. The summed E-state index contributed by atoms with van der Waals surface area (Å²) < 4.78 is 10.6. The highest BCUT2D eigenvalue weighted by Crippen LogP contribution is 2.29. The molecule has 0 unspecified atom stereocenters. The van der Waals surface area contributed by atoms with Crippen molar-refractivity contribution in [2.24, 2.45) is 0 Å². The fourth-order valence-electron chi connectivity index (χ4n) is 2.20. The molecule has 2 rings (SSSR count). The molecule has 0 saturated heterocycles. The Morgan fingerprint density at radius 3 is 2.64 bits per heavy atom. The molecule has 0 aliphatic rings. The smallest absolute Gasteiger partial charge is 0.273 e. The molecule has 0 aliphatic carbocycles. The largest absolute Gasteiger partial charge is 0.494 e. The molecule has 25 heavy (non-hydrogen) atoms. The van der Waals surface area contributed by atoms with Crippen LogP contribution in [0.15, 0.2) is 42.5 Å². The molecular weight excluding hydrogens is 324 g/mol. The van der Waals surface area contributed by atoms with E-state index in [0.29, 0.717) is 17.4 Å². The van der Waals surface area contributed by atoms with E-state index in [4.69, 9.17) is 9.47 Å². The molecule has 0 saturated carbocycles. The summed E-state index contributed by atoms with van der Waals surface area (Å²) in [4.78, 5) is 22.3. The maximum absolute atomic E-state index is 12.1. The zero-order valence-corrected chi connectivity index (χ0v) is 14.3. The van der Waals surface area contributed by atoms with Gasteiger partial charge in [-0.05, 0) is 29.7 Å². The van der Waals surface area contributed by atoms with E-state index in [2.05, 4.69) is 19.2 Å². The minimum atomic E-state index is -0.529. The van der Waals surface area contributed by atoms with Crippen LogP contribution < -0.4 is 14.8 Å². The lowest BCUT2D eigenvalue weighted by Crippen LogP contribution is -2.20. The summed E-state index contributed by atoms with van der Waals surface area (Å²) in [6.45, 7) is 3.97. The molecule has 7 nitrogen and oxygen atoms in total. The first-order valence-electron chi connectivity index (χ1n) is 7.75. The molecule has 2 aromatic rings. The second-order valence-corrected chi connectivity index (χ2v) is 5.71. The van der Waals surface area contributed by atoms with E-state index in [1.165, 1.54) is 25.3 Å². The first kappa shape index (κ1) is 18.3. The predicted octanol–water partition coefficient (Wildman–Crippen LogP) is 3.74. The number of carbonyl (C=O) groups excluding carboxylic acids is 1. The second-order valence-electron chi connectivity index (χ2n) is 5.71. The van der Waals surface area contributed by atoms with Crippen molar-refractivity contribution in [3.05, 3.63) is 58.1 Å². The molecule has 1 N–H and O–H groups in total. The van der Waals surface area contributed by atoms with Gasteiger partial charge >= 0.3 is 0 Å². The van der Waals surface area contributed by atoms with Crippen molar-refractivity contribution in [2.45, 2.75) is 19.8 Å². The number of non-ortho nitro benzene ring substituents is 1. The molecule has 0 aromatic heterocycles. The summed E-state index contributed by atoms with van der Waals surface area (Å²) in [5.41, 5.74) is 1.35. The van der Waals surface area contributed by atoms with Crippen molar-refractivity contribution >= 4 is 17.3 Å². The van der Waals surface area contributed by atoms with E-state index in [0.717, 1.165) is 5.56 Å². The van der Waals surface area contributed by atoms with E-state index in [1.807, 2.05) is 18.2 Å². The van der Waals surface area contributed by atoms with Gasteiger partial charge in [-0.3, -0.25) is 14.9 Å². The van der Waals surface area contributed by atoms with Gasteiger partial charge in [-0.2, -0.15) is 0 Å². The molecule has 2 aromatic carbocycles. The highest BCUT2D eigenvalue weighted by molar-refractivity contribution is 5.93. The SMILES string of the molecule is COc1cc([N+](=O)[O-])ccc1NC(=O)COc1cccc(C(C)C)c1. The van der Waals surface area contributed by atoms with Crippen molar-refractivity contribution in [3.63, 3.8) is 0 Å². The number of hydrogen-bond acceptors (Lipinski definition) is 5. The minimum Gasteiger partial charge on any atom is -0.494 e. The Labute approximate surface area is 145 Å². The van der Waals surface area contributed by atoms with Gasteiger partial charge in [0, 0.05) is 6.07 Å². The van der Waals surface area contributed by atoms with Crippen molar-refractivity contribution < 1.29 is 19.2 Å². The zero-order valence-electron chi connectivity index (χ0n) is 14.3.